The zero-order valence-corrected chi connectivity index (χ0v) is 14.9. The van der Waals surface area contributed by atoms with Gasteiger partial charge in [-0.25, -0.2) is 0 Å². The van der Waals surface area contributed by atoms with Gasteiger partial charge in [-0.05, 0) is 36.0 Å². The highest BCUT2D eigenvalue weighted by Gasteiger charge is 2.23. The summed E-state index contributed by atoms with van der Waals surface area (Å²) in [7, 11) is 1.74. The Morgan fingerprint density at radius 2 is 2.00 bits per heavy atom. The first kappa shape index (κ1) is 16.8. The summed E-state index contributed by atoms with van der Waals surface area (Å²) in [6.45, 7) is 9.57. The van der Waals surface area contributed by atoms with Gasteiger partial charge in [-0.3, -0.25) is 0 Å². The molecule has 4 heteroatoms. The molecule has 1 aromatic carbocycles. The van der Waals surface area contributed by atoms with Crippen molar-refractivity contribution in [2.24, 2.45) is 11.8 Å². The van der Waals surface area contributed by atoms with Gasteiger partial charge < -0.3 is 15.0 Å². The fraction of sp³-hybridized carbons (Fsp3) is 0.647. The molecular weight excluding hydrogens is 328 g/mol. The molecule has 1 saturated heterocycles. The Morgan fingerprint density at radius 1 is 1.29 bits per heavy atom. The SMILES string of the molecule is COCCNCc1ccc(Br)cc1N1CC(C)CC(C)C1. The molecule has 1 aliphatic heterocycles. The molecule has 2 unspecified atom stereocenters. The average molecular weight is 355 g/mol. The summed E-state index contributed by atoms with van der Waals surface area (Å²) < 4.78 is 6.25. The van der Waals surface area contributed by atoms with Gasteiger partial charge in [0.05, 0.1) is 6.61 Å². The van der Waals surface area contributed by atoms with Gasteiger partial charge in [0.25, 0.3) is 0 Å². The molecule has 0 aliphatic carbocycles. The highest BCUT2D eigenvalue weighted by Crippen LogP contribution is 2.31. The molecule has 0 bridgehead atoms. The maximum atomic E-state index is 5.09. The summed E-state index contributed by atoms with van der Waals surface area (Å²) in [5.41, 5.74) is 2.74. The quantitative estimate of drug-likeness (QED) is 0.788. The zero-order chi connectivity index (χ0) is 15.2. The fourth-order valence-electron chi connectivity index (χ4n) is 3.24. The van der Waals surface area contributed by atoms with Crippen LogP contribution in [0.3, 0.4) is 0 Å². The highest BCUT2D eigenvalue weighted by atomic mass is 79.9. The van der Waals surface area contributed by atoms with Gasteiger partial charge in [0.2, 0.25) is 0 Å². The Labute approximate surface area is 137 Å². The van der Waals surface area contributed by atoms with Crippen LogP contribution in [0, 0.1) is 11.8 Å². The highest BCUT2D eigenvalue weighted by molar-refractivity contribution is 9.10. The van der Waals surface area contributed by atoms with E-state index < -0.39 is 0 Å². The van der Waals surface area contributed by atoms with E-state index in [0.29, 0.717) is 0 Å². The molecule has 21 heavy (non-hydrogen) atoms. The molecule has 1 aliphatic rings. The standard InChI is InChI=1S/C17H27BrN2O/c1-13-8-14(2)12-20(11-13)17-9-16(18)5-4-15(17)10-19-6-7-21-3/h4-5,9,13-14,19H,6-8,10-12H2,1-3H3. The predicted molar refractivity (Wildman–Crippen MR) is 92.9 cm³/mol. The van der Waals surface area contributed by atoms with Crippen molar-refractivity contribution in [1.29, 1.82) is 0 Å². The van der Waals surface area contributed by atoms with Gasteiger partial charge in [0, 0.05) is 43.4 Å². The third-order valence-electron chi connectivity index (χ3n) is 4.06. The second kappa shape index (κ2) is 8.16. The number of hydrogen-bond acceptors (Lipinski definition) is 3. The summed E-state index contributed by atoms with van der Waals surface area (Å²) in [5.74, 6) is 1.53. The number of nitrogens with one attached hydrogen (secondary N) is 1. The minimum absolute atomic E-state index is 0.754. The van der Waals surface area contributed by atoms with Crippen LogP contribution in [0.4, 0.5) is 5.69 Å². The van der Waals surface area contributed by atoms with Crippen molar-refractivity contribution in [3.05, 3.63) is 28.2 Å². The number of benzene rings is 1. The minimum atomic E-state index is 0.754. The van der Waals surface area contributed by atoms with Crippen molar-refractivity contribution in [2.75, 3.05) is 38.3 Å². The largest absolute Gasteiger partial charge is 0.383 e. The van der Waals surface area contributed by atoms with E-state index in [1.807, 2.05) is 0 Å². The van der Waals surface area contributed by atoms with E-state index in [4.69, 9.17) is 4.74 Å². The number of methoxy groups -OCH3 is 1. The number of hydrogen-bond donors (Lipinski definition) is 1. The lowest BCUT2D eigenvalue weighted by Gasteiger charge is -2.37. The van der Waals surface area contributed by atoms with Gasteiger partial charge in [0.15, 0.2) is 0 Å². The van der Waals surface area contributed by atoms with E-state index in [2.05, 4.69) is 58.2 Å². The maximum Gasteiger partial charge on any atom is 0.0587 e. The maximum absolute atomic E-state index is 5.09. The molecule has 118 valence electrons. The molecule has 0 spiro atoms. The van der Waals surface area contributed by atoms with Gasteiger partial charge in [-0.15, -0.1) is 0 Å². The number of nitrogens with zero attached hydrogens (tertiary/aromatic N) is 1. The first-order valence-electron chi connectivity index (χ1n) is 7.83. The molecule has 3 nitrogen and oxygen atoms in total. The Balaban J connectivity index is 2.10. The van der Waals surface area contributed by atoms with E-state index >= 15 is 0 Å². The van der Waals surface area contributed by atoms with E-state index in [0.717, 1.165) is 49.1 Å². The van der Waals surface area contributed by atoms with Crippen LogP contribution in [-0.2, 0) is 11.3 Å². The van der Waals surface area contributed by atoms with Crippen molar-refractivity contribution in [2.45, 2.75) is 26.8 Å². The van der Waals surface area contributed by atoms with Gasteiger partial charge in [-0.2, -0.15) is 0 Å². The van der Waals surface area contributed by atoms with Crippen LogP contribution in [-0.4, -0.2) is 33.4 Å². The summed E-state index contributed by atoms with van der Waals surface area (Å²) in [4.78, 5) is 2.55. The van der Waals surface area contributed by atoms with Crippen LogP contribution in [0.15, 0.2) is 22.7 Å². The van der Waals surface area contributed by atoms with Gasteiger partial charge in [-0.1, -0.05) is 35.8 Å². The summed E-state index contributed by atoms with van der Waals surface area (Å²) in [6.07, 6.45) is 1.34. The Bertz CT molecular complexity index is 442. The smallest absolute Gasteiger partial charge is 0.0587 e. The van der Waals surface area contributed by atoms with Crippen LogP contribution in [0.1, 0.15) is 25.8 Å². The summed E-state index contributed by atoms with van der Waals surface area (Å²) in [5, 5.41) is 3.46. The monoisotopic (exact) mass is 354 g/mol. The van der Waals surface area contributed by atoms with Crippen molar-refractivity contribution in [1.82, 2.24) is 5.32 Å². The molecule has 0 amide bonds. The van der Waals surface area contributed by atoms with Crippen molar-refractivity contribution >= 4 is 21.6 Å². The zero-order valence-electron chi connectivity index (χ0n) is 13.4. The van der Waals surface area contributed by atoms with Crippen LogP contribution in [0.25, 0.3) is 0 Å². The van der Waals surface area contributed by atoms with E-state index in [1.165, 1.54) is 17.7 Å². The third kappa shape index (κ3) is 4.97. The van der Waals surface area contributed by atoms with Gasteiger partial charge >= 0.3 is 0 Å². The molecular formula is C17H27BrN2O. The van der Waals surface area contributed by atoms with Crippen LogP contribution in [0.5, 0.6) is 0 Å². The lowest BCUT2D eigenvalue weighted by molar-refractivity contribution is 0.199. The molecule has 1 aromatic rings. The number of halogens is 1. The van der Waals surface area contributed by atoms with Crippen molar-refractivity contribution < 1.29 is 4.74 Å². The average Bonchev–Trinajstić information content (AvgIpc) is 2.44. The minimum Gasteiger partial charge on any atom is -0.383 e. The lowest BCUT2D eigenvalue weighted by atomic mass is 9.91. The second-order valence-corrected chi connectivity index (χ2v) is 7.21. The van der Waals surface area contributed by atoms with Crippen LogP contribution >= 0.6 is 15.9 Å². The van der Waals surface area contributed by atoms with Crippen LogP contribution in [0.2, 0.25) is 0 Å². The third-order valence-corrected chi connectivity index (χ3v) is 4.55. The molecule has 0 radical (unpaired) electrons. The van der Waals surface area contributed by atoms with Gasteiger partial charge in [0.1, 0.15) is 0 Å². The molecule has 0 saturated carbocycles. The predicted octanol–water partition coefficient (Wildman–Crippen LogP) is 3.67. The summed E-state index contributed by atoms with van der Waals surface area (Å²) in [6, 6.07) is 6.62. The van der Waals surface area contributed by atoms with E-state index in [1.54, 1.807) is 7.11 Å². The van der Waals surface area contributed by atoms with E-state index in [-0.39, 0.29) is 0 Å². The topological polar surface area (TPSA) is 24.5 Å². The molecule has 1 heterocycles. The molecule has 0 aromatic heterocycles. The molecule has 1 fully saturated rings. The lowest BCUT2D eigenvalue weighted by Crippen LogP contribution is -2.39. The molecule has 2 atom stereocenters. The number of anilines is 1. The number of ether oxygens (including phenoxy) is 1. The fourth-order valence-corrected chi connectivity index (χ4v) is 3.59. The first-order valence-corrected chi connectivity index (χ1v) is 8.62. The Morgan fingerprint density at radius 3 is 2.67 bits per heavy atom. The van der Waals surface area contributed by atoms with Crippen LogP contribution < -0.4 is 10.2 Å². The molecule has 2 rings (SSSR count). The summed E-state index contributed by atoms with van der Waals surface area (Å²) >= 11 is 3.62. The van der Waals surface area contributed by atoms with Crippen molar-refractivity contribution in [3.63, 3.8) is 0 Å². The first-order chi connectivity index (χ1) is 10.1. The van der Waals surface area contributed by atoms with E-state index in [9.17, 15) is 0 Å². The second-order valence-electron chi connectivity index (χ2n) is 6.29. The number of rotatable bonds is 6. The molecule has 1 N–H and O–H groups in total. The Kier molecular flexibility index (Phi) is 6.52. The normalized spacial score (nSPS) is 22.6. The Hall–Kier alpha value is -0.580. The number of piperidine rings is 1. The van der Waals surface area contributed by atoms with Crippen molar-refractivity contribution in [3.8, 4) is 0 Å².